The van der Waals surface area contributed by atoms with Crippen LogP contribution in [0.15, 0.2) is 40.3 Å². The highest BCUT2D eigenvalue weighted by Gasteiger charge is 2.54. The summed E-state index contributed by atoms with van der Waals surface area (Å²) >= 11 is 8.41. The highest BCUT2D eigenvalue weighted by molar-refractivity contribution is 7.99. The van der Waals surface area contributed by atoms with Crippen molar-refractivity contribution in [2.24, 2.45) is 23.5 Å². The lowest BCUT2D eigenvalue weighted by atomic mass is 10.1. The van der Waals surface area contributed by atoms with Crippen molar-refractivity contribution in [1.29, 1.82) is 0 Å². The molecule has 3 aromatic rings. The summed E-state index contributed by atoms with van der Waals surface area (Å²) in [6, 6.07) is 2.33. The maximum absolute atomic E-state index is 6.90. The molecule has 3 aromatic heterocycles. The summed E-state index contributed by atoms with van der Waals surface area (Å²) in [5.41, 5.74) is 11.0. The number of aromatic nitrogens is 5. The van der Waals surface area contributed by atoms with Gasteiger partial charge in [0.2, 0.25) is 0 Å². The molecular weight excluding hydrogens is 430 g/mol. The maximum atomic E-state index is 6.90. The van der Waals surface area contributed by atoms with Crippen LogP contribution in [0.4, 0.5) is 5.82 Å². The van der Waals surface area contributed by atoms with Crippen molar-refractivity contribution in [1.82, 2.24) is 24.9 Å². The third-order valence-electron chi connectivity index (χ3n) is 6.94. The van der Waals surface area contributed by atoms with E-state index in [0.717, 1.165) is 57.2 Å². The molecule has 0 aromatic carbocycles. The van der Waals surface area contributed by atoms with Gasteiger partial charge in [-0.25, -0.2) is 19.9 Å². The molecule has 7 rings (SSSR count). The summed E-state index contributed by atoms with van der Waals surface area (Å²) in [6.07, 6.45) is 8.44. The predicted molar refractivity (Wildman–Crippen MR) is 120 cm³/mol. The van der Waals surface area contributed by atoms with Gasteiger partial charge in [0.1, 0.15) is 11.3 Å². The first-order valence-corrected chi connectivity index (χ1v) is 11.9. The number of hydrogen-bond donors (Lipinski definition) is 1. The maximum Gasteiger partial charge on any atom is 0.194 e. The van der Waals surface area contributed by atoms with Gasteiger partial charge >= 0.3 is 0 Å². The molecule has 7 nitrogen and oxygen atoms in total. The van der Waals surface area contributed by atoms with Gasteiger partial charge in [-0.3, -0.25) is 4.98 Å². The smallest absolute Gasteiger partial charge is 0.194 e. The van der Waals surface area contributed by atoms with Gasteiger partial charge < -0.3 is 10.6 Å². The third kappa shape index (κ3) is 2.96. The van der Waals surface area contributed by atoms with E-state index in [0.29, 0.717) is 29.4 Å². The fourth-order valence-electron chi connectivity index (χ4n) is 5.02. The number of piperidine rings is 1. The highest BCUT2D eigenvalue weighted by atomic mass is 35.5. The van der Waals surface area contributed by atoms with Gasteiger partial charge in [-0.15, -0.1) is 0 Å². The van der Waals surface area contributed by atoms with Crippen LogP contribution in [0.3, 0.4) is 0 Å². The summed E-state index contributed by atoms with van der Waals surface area (Å²) in [7, 11) is 0. The van der Waals surface area contributed by atoms with Crippen LogP contribution in [-0.4, -0.2) is 44.1 Å². The van der Waals surface area contributed by atoms with Crippen LogP contribution in [0, 0.1) is 17.8 Å². The van der Waals surface area contributed by atoms with E-state index in [-0.39, 0.29) is 0 Å². The second-order valence-electron chi connectivity index (χ2n) is 8.92. The Kier molecular flexibility index (Phi) is 3.90. The van der Waals surface area contributed by atoms with Gasteiger partial charge in [-0.1, -0.05) is 11.6 Å². The van der Waals surface area contributed by atoms with Crippen molar-refractivity contribution in [3.05, 3.63) is 41.5 Å². The van der Waals surface area contributed by atoms with Gasteiger partial charge in [0.25, 0.3) is 0 Å². The molecule has 2 atom stereocenters. The highest BCUT2D eigenvalue weighted by Crippen LogP contribution is 2.52. The molecule has 0 radical (unpaired) electrons. The number of fused-ring (bicyclic) bond motifs is 3. The Bertz CT molecular complexity index is 1260. The lowest BCUT2D eigenvalue weighted by Gasteiger charge is -2.23. The van der Waals surface area contributed by atoms with Crippen LogP contribution in [0.5, 0.6) is 0 Å². The van der Waals surface area contributed by atoms with E-state index in [1.54, 1.807) is 12.4 Å². The monoisotopic (exact) mass is 449 g/mol. The van der Waals surface area contributed by atoms with Crippen molar-refractivity contribution in [3.8, 4) is 0 Å². The molecular formula is C22H20ClN7S. The molecule has 1 saturated heterocycles. The normalized spacial score (nSPS) is 26.5. The van der Waals surface area contributed by atoms with E-state index < -0.39 is 0 Å². The van der Waals surface area contributed by atoms with Crippen molar-refractivity contribution >= 4 is 45.4 Å². The summed E-state index contributed by atoms with van der Waals surface area (Å²) in [5.74, 6) is 2.75. The molecule has 156 valence electrons. The van der Waals surface area contributed by atoms with Crippen LogP contribution in [0.2, 0.25) is 0 Å². The second-order valence-corrected chi connectivity index (χ2v) is 10.3. The Morgan fingerprint density at radius 3 is 2.68 bits per heavy atom. The molecule has 2 unspecified atom stereocenters. The number of nitrogens with two attached hydrogens (primary N) is 1. The average molecular weight is 450 g/mol. The molecule has 0 bridgehead atoms. The molecule has 4 heterocycles. The summed E-state index contributed by atoms with van der Waals surface area (Å²) in [5, 5.41) is 1.61. The average Bonchev–Trinajstić information content (AvgIpc) is 3.63. The van der Waals surface area contributed by atoms with Crippen molar-refractivity contribution < 1.29 is 0 Å². The minimum absolute atomic E-state index is 0.345. The summed E-state index contributed by atoms with van der Waals surface area (Å²) in [4.78, 5) is 26.3. The predicted octanol–water partition coefficient (Wildman–Crippen LogP) is 3.28. The zero-order valence-electron chi connectivity index (χ0n) is 16.7. The van der Waals surface area contributed by atoms with Crippen molar-refractivity contribution in [2.75, 3.05) is 18.0 Å². The molecule has 1 aliphatic heterocycles. The Morgan fingerprint density at radius 1 is 1.06 bits per heavy atom. The Balaban J connectivity index is 1.27. The van der Waals surface area contributed by atoms with Crippen molar-refractivity contribution in [2.45, 2.75) is 35.4 Å². The Morgan fingerprint density at radius 2 is 1.87 bits per heavy atom. The summed E-state index contributed by atoms with van der Waals surface area (Å²) < 4.78 is 0. The summed E-state index contributed by atoms with van der Waals surface area (Å²) in [6.45, 7) is 1.91. The van der Waals surface area contributed by atoms with Gasteiger partial charge in [0, 0.05) is 49.0 Å². The van der Waals surface area contributed by atoms with Crippen LogP contribution >= 0.6 is 23.4 Å². The third-order valence-corrected chi connectivity index (χ3v) is 8.20. The van der Waals surface area contributed by atoms with Crippen molar-refractivity contribution in [3.63, 3.8) is 0 Å². The fraction of sp³-hybridized carbons (Fsp3) is 0.409. The van der Waals surface area contributed by atoms with E-state index >= 15 is 0 Å². The second kappa shape index (κ2) is 6.60. The topological polar surface area (TPSA) is 93.7 Å². The lowest BCUT2D eigenvalue weighted by molar-refractivity contribution is 0.724. The zero-order valence-corrected chi connectivity index (χ0v) is 18.3. The Labute approximate surface area is 188 Å². The van der Waals surface area contributed by atoms with Gasteiger partial charge in [0.05, 0.1) is 16.3 Å². The molecule has 31 heavy (non-hydrogen) atoms. The molecule has 9 heteroatoms. The molecule has 2 N–H and O–H groups in total. The molecule has 0 spiro atoms. The van der Waals surface area contributed by atoms with Gasteiger partial charge in [-0.2, -0.15) is 0 Å². The SMILES string of the molecule is NC1C2CN(c3nc(Sc4cnc5nccnc5c4)nc4c3C(Cl)=C(C3CC3)C4)CC12. The number of halogens is 1. The van der Waals surface area contributed by atoms with E-state index in [9.17, 15) is 0 Å². The number of allylic oxidation sites excluding steroid dienone is 1. The lowest BCUT2D eigenvalue weighted by Crippen LogP contribution is -2.29. The van der Waals surface area contributed by atoms with E-state index in [1.165, 1.54) is 30.2 Å². The number of anilines is 1. The van der Waals surface area contributed by atoms with Crippen LogP contribution in [0.25, 0.3) is 16.2 Å². The molecule has 4 aliphatic rings. The number of rotatable bonds is 4. The molecule has 0 amide bonds. The quantitative estimate of drug-likeness (QED) is 0.606. The minimum atomic E-state index is 0.345. The van der Waals surface area contributed by atoms with Crippen LogP contribution < -0.4 is 10.6 Å². The first-order chi connectivity index (χ1) is 15.2. The minimum Gasteiger partial charge on any atom is -0.355 e. The number of nitrogens with zero attached hydrogens (tertiary/aromatic N) is 6. The largest absolute Gasteiger partial charge is 0.355 e. The van der Waals surface area contributed by atoms with E-state index in [4.69, 9.17) is 27.3 Å². The molecule has 2 saturated carbocycles. The molecule has 3 fully saturated rings. The first-order valence-electron chi connectivity index (χ1n) is 10.7. The van der Waals surface area contributed by atoms with Crippen LogP contribution in [0.1, 0.15) is 24.1 Å². The molecule has 3 aliphatic carbocycles. The Hall–Kier alpha value is -2.29. The van der Waals surface area contributed by atoms with Gasteiger partial charge in [-0.05, 0) is 54.0 Å². The fourth-order valence-corrected chi connectivity index (χ4v) is 6.21. The first kappa shape index (κ1) is 18.3. The van der Waals surface area contributed by atoms with E-state index in [2.05, 4.69) is 19.9 Å². The number of hydrogen-bond acceptors (Lipinski definition) is 8. The standard InChI is InChI=1S/C22H20ClN7S/c23-18-12(10-1-2-10)6-15-17(18)21(30-8-13-14(9-30)19(13)24)29-22(28-15)31-11-5-16-20(27-7-11)26-4-3-25-16/h3-5,7,10,13-14,19H,1-2,6,8-9,24H2. The number of pyridine rings is 1. The van der Waals surface area contributed by atoms with Crippen LogP contribution in [-0.2, 0) is 6.42 Å². The van der Waals surface area contributed by atoms with E-state index in [1.807, 2.05) is 12.3 Å². The zero-order chi connectivity index (χ0) is 20.7. The van der Waals surface area contributed by atoms with Gasteiger partial charge in [0.15, 0.2) is 10.8 Å².